The van der Waals surface area contributed by atoms with Crippen molar-refractivity contribution in [3.05, 3.63) is 47.5 Å². The molecule has 0 spiro atoms. The lowest BCUT2D eigenvalue weighted by molar-refractivity contribution is -0.112. The van der Waals surface area contributed by atoms with Crippen molar-refractivity contribution in [1.82, 2.24) is 15.4 Å². The predicted octanol–water partition coefficient (Wildman–Crippen LogP) is 1.40. The highest BCUT2D eigenvalue weighted by Gasteiger charge is 2.38. The van der Waals surface area contributed by atoms with Crippen LogP contribution in [0.2, 0.25) is 0 Å². The van der Waals surface area contributed by atoms with Crippen LogP contribution in [0, 0.1) is 0 Å². The Morgan fingerprint density at radius 1 is 1.35 bits per heavy atom. The Hall–Kier alpha value is -2.52. The van der Waals surface area contributed by atoms with E-state index in [1.54, 1.807) is 36.8 Å². The third-order valence-electron chi connectivity index (χ3n) is 3.34. The van der Waals surface area contributed by atoms with Gasteiger partial charge in [0.2, 0.25) is 0 Å². The standard InChI is InChI=1S/C14H13BrN6O2/c15-12-4-3-9(6-17-12)18-19-11-8-21(14(22)13(11)20-23)10-2-1-5-16-7-10/h1-7,11,18-19,23H,8H2. The number of aromatic nitrogens is 2. The first-order valence-electron chi connectivity index (χ1n) is 6.76. The molecule has 3 rings (SSSR count). The first kappa shape index (κ1) is 15.4. The largest absolute Gasteiger partial charge is 0.410 e. The molecule has 1 atom stereocenters. The number of rotatable bonds is 4. The van der Waals surface area contributed by atoms with Crippen LogP contribution in [-0.4, -0.2) is 39.4 Å². The first-order chi connectivity index (χ1) is 11.2. The van der Waals surface area contributed by atoms with Crippen molar-refractivity contribution in [1.29, 1.82) is 0 Å². The van der Waals surface area contributed by atoms with Crippen LogP contribution in [0.1, 0.15) is 0 Å². The number of carbonyl (C=O) groups is 1. The van der Waals surface area contributed by atoms with E-state index in [0.717, 1.165) is 10.3 Å². The van der Waals surface area contributed by atoms with Crippen LogP contribution in [0.5, 0.6) is 0 Å². The van der Waals surface area contributed by atoms with Crippen LogP contribution in [0.15, 0.2) is 52.6 Å². The van der Waals surface area contributed by atoms with Gasteiger partial charge in [-0.25, -0.2) is 10.4 Å². The maximum absolute atomic E-state index is 12.3. The topological polar surface area (TPSA) is 103 Å². The van der Waals surface area contributed by atoms with Gasteiger partial charge in [-0.1, -0.05) is 5.16 Å². The normalized spacial score (nSPS) is 19.3. The summed E-state index contributed by atoms with van der Waals surface area (Å²) in [5.74, 6) is -0.367. The average molecular weight is 377 g/mol. The van der Waals surface area contributed by atoms with E-state index >= 15 is 0 Å². The number of amides is 1. The molecule has 1 amide bonds. The summed E-state index contributed by atoms with van der Waals surface area (Å²) in [6, 6.07) is 6.64. The molecule has 3 heterocycles. The van der Waals surface area contributed by atoms with E-state index in [2.05, 4.69) is 41.9 Å². The van der Waals surface area contributed by atoms with Gasteiger partial charge in [-0.2, -0.15) is 0 Å². The Morgan fingerprint density at radius 2 is 2.22 bits per heavy atom. The molecule has 8 nitrogen and oxygen atoms in total. The minimum atomic E-state index is -0.476. The van der Waals surface area contributed by atoms with E-state index in [-0.39, 0.29) is 11.6 Å². The van der Waals surface area contributed by atoms with Crippen molar-refractivity contribution in [2.24, 2.45) is 5.16 Å². The van der Waals surface area contributed by atoms with E-state index in [1.165, 1.54) is 4.90 Å². The molecule has 3 N–H and O–H groups in total. The molecule has 118 valence electrons. The van der Waals surface area contributed by atoms with Crippen molar-refractivity contribution in [3.63, 3.8) is 0 Å². The van der Waals surface area contributed by atoms with Crippen LogP contribution >= 0.6 is 15.9 Å². The summed E-state index contributed by atoms with van der Waals surface area (Å²) in [6.07, 6.45) is 4.84. The molecule has 0 saturated carbocycles. The molecule has 1 fully saturated rings. The summed E-state index contributed by atoms with van der Waals surface area (Å²) >= 11 is 3.26. The number of hydrazine groups is 1. The Bertz CT molecular complexity index is 722. The van der Waals surface area contributed by atoms with Crippen molar-refractivity contribution >= 4 is 38.9 Å². The van der Waals surface area contributed by atoms with Gasteiger partial charge in [0.25, 0.3) is 5.91 Å². The van der Waals surface area contributed by atoms with E-state index in [1.807, 2.05) is 6.07 Å². The molecule has 9 heteroatoms. The number of nitrogens with zero attached hydrogens (tertiary/aromatic N) is 4. The van der Waals surface area contributed by atoms with Crippen LogP contribution in [0.4, 0.5) is 11.4 Å². The molecule has 1 aliphatic rings. The monoisotopic (exact) mass is 376 g/mol. The van der Waals surface area contributed by atoms with Crippen molar-refractivity contribution in [3.8, 4) is 0 Å². The van der Waals surface area contributed by atoms with Gasteiger partial charge in [0.05, 0.1) is 29.8 Å². The number of carbonyl (C=O) groups excluding carboxylic acids is 1. The molecular weight excluding hydrogens is 364 g/mol. The zero-order chi connectivity index (χ0) is 16.2. The Labute approximate surface area is 140 Å². The smallest absolute Gasteiger partial charge is 0.277 e. The summed E-state index contributed by atoms with van der Waals surface area (Å²) in [7, 11) is 0. The quantitative estimate of drug-likeness (QED) is 0.423. The molecule has 23 heavy (non-hydrogen) atoms. The molecule has 2 aromatic rings. The summed E-state index contributed by atoms with van der Waals surface area (Å²) < 4.78 is 0.722. The van der Waals surface area contributed by atoms with Gasteiger partial charge < -0.3 is 15.5 Å². The molecular formula is C14H13BrN6O2. The van der Waals surface area contributed by atoms with E-state index in [0.29, 0.717) is 12.2 Å². The number of nitrogens with one attached hydrogen (secondary N) is 2. The minimum Gasteiger partial charge on any atom is -0.410 e. The first-order valence-corrected chi connectivity index (χ1v) is 7.55. The summed E-state index contributed by atoms with van der Waals surface area (Å²) in [6.45, 7) is 0.320. The van der Waals surface area contributed by atoms with Crippen molar-refractivity contribution in [2.75, 3.05) is 16.9 Å². The van der Waals surface area contributed by atoms with Gasteiger partial charge in [0.15, 0.2) is 5.71 Å². The lowest BCUT2D eigenvalue weighted by atomic mass is 10.2. The molecule has 0 radical (unpaired) electrons. The van der Waals surface area contributed by atoms with Crippen LogP contribution in [0.3, 0.4) is 0 Å². The molecule has 1 aliphatic heterocycles. The minimum absolute atomic E-state index is 0.0337. The molecule has 1 unspecified atom stereocenters. The third-order valence-corrected chi connectivity index (χ3v) is 3.81. The van der Waals surface area contributed by atoms with Gasteiger partial charge in [0.1, 0.15) is 4.60 Å². The highest BCUT2D eigenvalue weighted by Crippen LogP contribution is 2.19. The second-order valence-corrected chi connectivity index (χ2v) is 5.62. The Balaban J connectivity index is 1.72. The molecule has 0 aliphatic carbocycles. The zero-order valence-electron chi connectivity index (χ0n) is 11.8. The maximum atomic E-state index is 12.3. The van der Waals surface area contributed by atoms with Gasteiger partial charge in [-0.3, -0.25) is 9.78 Å². The van der Waals surface area contributed by atoms with E-state index < -0.39 is 6.04 Å². The van der Waals surface area contributed by atoms with E-state index in [9.17, 15) is 4.79 Å². The summed E-state index contributed by atoms with van der Waals surface area (Å²) in [4.78, 5) is 21.9. The summed E-state index contributed by atoms with van der Waals surface area (Å²) in [5, 5.41) is 12.3. The Kier molecular flexibility index (Phi) is 4.49. The number of hydrogen-bond donors (Lipinski definition) is 3. The number of halogens is 1. The van der Waals surface area contributed by atoms with Crippen LogP contribution in [-0.2, 0) is 4.79 Å². The zero-order valence-corrected chi connectivity index (χ0v) is 13.4. The van der Waals surface area contributed by atoms with Gasteiger partial charge in [0, 0.05) is 12.7 Å². The Morgan fingerprint density at radius 3 is 2.87 bits per heavy atom. The second-order valence-electron chi connectivity index (χ2n) is 4.80. The molecule has 0 bridgehead atoms. The number of oxime groups is 1. The van der Waals surface area contributed by atoms with Crippen molar-refractivity contribution in [2.45, 2.75) is 6.04 Å². The van der Waals surface area contributed by atoms with Crippen LogP contribution < -0.4 is 15.8 Å². The fourth-order valence-electron chi connectivity index (χ4n) is 2.22. The van der Waals surface area contributed by atoms with Gasteiger partial charge >= 0.3 is 0 Å². The lowest BCUT2D eigenvalue weighted by Crippen LogP contribution is -2.40. The van der Waals surface area contributed by atoms with E-state index in [4.69, 9.17) is 5.21 Å². The average Bonchev–Trinajstić information content (AvgIpc) is 2.91. The van der Waals surface area contributed by atoms with Crippen molar-refractivity contribution < 1.29 is 10.0 Å². The predicted molar refractivity (Wildman–Crippen MR) is 88.3 cm³/mol. The van der Waals surface area contributed by atoms with Gasteiger partial charge in [-0.05, 0) is 40.2 Å². The SMILES string of the molecule is O=C1C(=NO)C(NNc2ccc(Br)nc2)CN1c1cccnc1. The third kappa shape index (κ3) is 3.30. The molecule has 1 saturated heterocycles. The lowest BCUT2D eigenvalue weighted by Gasteiger charge is -2.16. The molecule has 0 aromatic carbocycles. The highest BCUT2D eigenvalue weighted by molar-refractivity contribution is 9.10. The number of hydrogen-bond acceptors (Lipinski definition) is 7. The fraction of sp³-hybridized carbons (Fsp3) is 0.143. The van der Waals surface area contributed by atoms with Crippen LogP contribution in [0.25, 0.3) is 0 Å². The summed E-state index contributed by atoms with van der Waals surface area (Å²) in [5.41, 5.74) is 7.32. The van der Waals surface area contributed by atoms with Gasteiger partial charge in [-0.15, -0.1) is 0 Å². The highest BCUT2D eigenvalue weighted by atomic mass is 79.9. The maximum Gasteiger partial charge on any atom is 0.277 e. The molecule has 2 aromatic heterocycles. The second kappa shape index (κ2) is 6.71. The number of anilines is 2. The number of pyridine rings is 2. The fourth-order valence-corrected chi connectivity index (χ4v) is 2.46.